The highest BCUT2D eigenvalue weighted by Crippen LogP contribution is 2.18. The van der Waals surface area contributed by atoms with Crippen molar-refractivity contribution in [2.45, 2.75) is 19.8 Å². The van der Waals surface area contributed by atoms with Gasteiger partial charge in [0.05, 0.1) is 18.2 Å². The zero-order chi connectivity index (χ0) is 22.4. The van der Waals surface area contributed by atoms with Crippen LogP contribution in [0.25, 0.3) is 0 Å². The Morgan fingerprint density at radius 2 is 1.32 bits per heavy atom. The van der Waals surface area contributed by atoms with Crippen LogP contribution in [0.3, 0.4) is 0 Å². The summed E-state index contributed by atoms with van der Waals surface area (Å²) >= 11 is 0. The summed E-state index contributed by atoms with van der Waals surface area (Å²) < 4.78 is 61.2. The standard InChI is InChI=1S/C26H18F4O/c1-3-4-19-15-23(28)21(24(29)16-19)11-7-17-5-9-20(22(27)13-17)10-6-18-8-12-26(31-2)25(30)14-18/h5,8-9,12-16H,3-4H2,1-2H3. The summed E-state index contributed by atoms with van der Waals surface area (Å²) in [6.07, 6.45) is 1.34. The van der Waals surface area contributed by atoms with Crippen molar-refractivity contribution >= 4 is 0 Å². The van der Waals surface area contributed by atoms with Crippen molar-refractivity contribution < 1.29 is 22.3 Å². The van der Waals surface area contributed by atoms with Crippen LogP contribution in [-0.2, 0) is 6.42 Å². The number of halogens is 4. The van der Waals surface area contributed by atoms with E-state index in [0.29, 0.717) is 17.5 Å². The van der Waals surface area contributed by atoms with Crippen LogP contribution in [0.5, 0.6) is 5.75 Å². The molecule has 0 fully saturated rings. The number of hydrogen-bond acceptors (Lipinski definition) is 1. The largest absolute Gasteiger partial charge is 0.494 e. The molecule has 3 rings (SSSR count). The third-order valence-electron chi connectivity index (χ3n) is 4.43. The van der Waals surface area contributed by atoms with Crippen LogP contribution < -0.4 is 4.74 Å². The van der Waals surface area contributed by atoms with Crippen molar-refractivity contribution in [3.05, 3.63) is 99.6 Å². The lowest BCUT2D eigenvalue weighted by Crippen LogP contribution is -1.95. The minimum absolute atomic E-state index is 0.0862. The van der Waals surface area contributed by atoms with E-state index in [1.807, 2.05) is 6.92 Å². The van der Waals surface area contributed by atoms with Gasteiger partial charge in [0.1, 0.15) is 17.5 Å². The lowest BCUT2D eigenvalue weighted by Gasteiger charge is -2.02. The van der Waals surface area contributed by atoms with Gasteiger partial charge in [-0.15, -0.1) is 0 Å². The fraction of sp³-hybridized carbons (Fsp3) is 0.154. The monoisotopic (exact) mass is 422 g/mol. The molecule has 0 aliphatic carbocycles. The van der Waals surface area contributed by atoms with Crippen molar-refractivity contribution in [2.24, 2.45) is 0 Å². The molecule has 31 heavy (non-hydrogen) atoms. The maximum absolute atomic E-state index is 14.4. The minimum Gasteiger partial charge on any atom is -0.494 e. The van der Waals surface area contributed by atoms with Crippen LogP contribution in [0.4, 0.5) is 17.6 Å². The van der Waals surface area contributed by atoms with Gasteiger partial charge in [-0.3, -0.25) is 0 Å². The van der Waals surface area contributed by atoms with Gasteiger partial charge in [0, 0.05) is 11.1 Å². The molecule has 3 aromatic rings. The second-order valence-corrected chi connectivity index (χ2v) is 6.73. The van der Waals surface area contributed by atoms with E-state index in [-0.39, 0.29) is 22.4 Å². The fourth-order valence-corrected chi connectivity index (χ4v) is 2.89. The molecule has 3 aromatic carbocycles. The maximum atomic E-state index is 14.4. The number of methoxy groups -OCH3 is 1. The number of hydrogen-bond donors (Lipinski definition) is 0. The van der Waals surface area contributed by atoms with Crippen molar-refractivity contribution in [1.29, 1.82) is 0 Å². The van der Waals surface area contributed by atoms with Crippen LogP contribution in [0.15, 0.2) is 48.5 Å². The van der Waals surface area contributed by atoms with Gasteiger partial charge < -0.3 is 4.74 Å². The average molecular weight is 422 g/mol. The molecule has 0 aliphatic heterocycles. The molecule has 0 N–H and O–H groups in total. The average Bonchev–Trinajstić information content (AvgIpc) is 2.73. The highest BCUT2D eigenvalue weighted by molar-refractivity contribution is 5.50. The summed E-state index contributed by atoms with van der Waals surface area (Å²) in [5.74, 6) is 7.71. The van der Waals surface area contributed by atoms with Gasteiger partial charge in [-0.25, -0.2) is 17.6 Å². The molecule has 0 saturated heterocycles. The minimum atomic E-state index is -0.745. The van der Waals surface area contributed by atoms with E-state index < -0.39 is 23.3 Å². The maximum Gasteiger partial charge on any atom is 0.166 e. The molecular formula is C26H18F4O. The van der Waals surface area contributed by atoms with Gasteiger partial charge in [-0.2, -0.15) is 0 Å². The molecule has 0 amide bonds. The third kappa shape index (κ3) is 5.47. The normalized spacial score (nSPS) is 10.0. The van der Waals surface area contributed by atoms with E-state index in [1.165, 1.54) is 43.5 Å². The molecule has 0 bridgehead atoms. The molecule has 0 radical (unpaired) electrons. The summed E-state index contributed by atoms with van der Waals surface area (Å²) in [6, 6.07) is 10.7. The number of ether oxygens (including phenoxy) is 1. The van der Waals surface area contributed by atoms with E-state index >= 15 is 0 Å². The smallest absolute Gasteiger partial charge is 0.166 e. The van der Waals surface area contributed by atoms with Crippen LogP contribution >= 0.6 is 0 Å². The van der Waals surface area contributed by atoms with E-state index in [4.69, 9.17) is 4.74 Å². The van der Waals surface area contributed by atoms with Crippen LogP contribution in [-0.4, -0.2) is 7.11 Å². The van der Waals surface area contributed by atoms with Gasteiger partial charge in [0.2, 0.25) is 0 Å². The molecule has 156 valence electrons. The molecule has 0 heterocycles. The summed E-state index contributed by atoms with van der Waals surface area (Å²) in [5, 5.41) is 0. The second kappa shape index (κ2) is 9.87. The first-order chi connectivity index (χ1) is 14.9. The predicted octanol–water partition coefficient (Wildman–Crippen LogP) is 6.00. The third-order valence-corrected chi connectivity index (χ3v) is 4.43. The highest BCUT2D eigenvalue weighted by atomic mass is 19.1. The van der Waals surface area contributed by atoms with E-state index in [1.54, 1.807) is 6.07 Å². The first-order valence-corrected chi connectivity index (χ1v) is 9.56. The van der Waals surface area contributed by atoms with E-state index in [0.717, 1.165) is 12.5 Å². The summed E-state index contributed by atoms with van der Waals surface area (Å²) in [4.78, 5) is 0. The van der Waals surface area contributed by atoms with Crippen LogP contribution in [0, 0.1) is 47.0 Å². The SMILES string of the molecule is CCCc1cc(F)c(C#Cc2ccc(C#Cc3ccc(OC)c(F)c3)c(F)c2)c(F)c1. The molecule has 1 nitrogen and oxygen atoms in total. The van der Waals surface area contributed by atoms with Gasteiger partial charge in [0.15, 0.2) is 11.6 Å². The van der Waals surface area contributed by atoms with Gasteiger partial charge in [-0.1, -0.05) is 37.0 Å². The fourth-order valence-electron chi connectivity index (χ4n) is 2.89. The number of benzene rings is 3. The molecule has 0 atom stereocenters. The number of aryl methyl sites for hydroxylation is 1. The molecule has 0 saturated carbocycles. The quantitative estimate of drug-likeness (QED) is 0.371. The Balaban J connectivity index is 1.83. The lowest BCUT2D eigenvalue weighted by molar-refractivity contribution is 0.386. The predicted molar refractivity (Wildman–Crippen MR) is 112 cm³/mol. The Kier molecular flexibility index (Phi) is 7.00. The molecule has 0 spiro atoms. The molecule has 5 heteroatoms. The zero-order valence-electron chi connectivity index (χ0n) is 17.0. The summed E-state index contributed by atoms with van der Waals surface area (Å²) in [7, 11) is 1.36. The second-order valence-electron chi connectivity index (χ2n) is 6.73. The Morgan fingerprint density at radius 3 is 1.90 bits per heavy atom. The first-order valence-electron chi connectivity index (χ1n) is 9.56. The van der Waals surface area contributed by atoms with Gasteiger partial charge >= 0.3 is 0 Å². The molecule has 0 unspecified atom stereocenters. The van der Waals surface area contributed by atoms with Crippen molar-refractivity contribution in [2.75, 3.05) is 7.11 Å². The Hall–Kier alpha value is -3.70. The summed E-state index contributed by atoms with van der Waals surface area (Å²) in [6.45, 7) is 1.92. The molecular weight excluding hydrogens is 404 g/mol. The Bertz CT molecular complexity index is 1220. The lowest BCUT2D eigenvalue weighted by atomic mass is 10.1. The van der Waals surface area contributed by atoms with Crippen LogP contribution in [0.1, 0.15) is 41.2 Å². The van der Waals surface area contributed by atoms with Crippen molar-refractivity contribution in [1.82, 2.24) is 0 Å². The zero-order valence-corrected chi connectivity index (χ0v) is 17.0. The summed E-state index contributed by atoms with van der Waals surface area (Å²) in [5.41, 5.74) is 0.900. The van der Waals surface area contributed by atoms with Crippen molar-refractivity contribution in [3.63, 3.8) is 0 Å². The van der Waals surface area contributed by atoms with Gasteiger partial charge in [0.25, 0.3) is 0 Å². The van der Waals surface area contributed by atoms with E-state index in [2.05, 4.69) is 23.7 Å². The van der Waals surface area contributed by atoms with Crippen molar-refractivity contribution in [3.8, 4) is 29.4 Å². The van der Waals surface area contributed by atoms with Crippen LogP contribution in [0.2, 0.25) is 0 Å². The van der Waals surface area contributed by atoms with Gasteiger partial charge in [-0.05, 0) is 60.5 Å². The topological polar surface area (TPSA) is 9.23 Å². The first kappa shape index (κ1) is 22.0. The Morgan fingerprint density at radius 1 is 0.710 bits per heavy atom. The molecule has 0 aromatic heterocycles. The highest BCUT2D eigenvalue weighted by Gasteiger charge is 2.09. The molecule has 0 aliphatic rings. The Labute approximate surface area is 178 Å². The number of rotatable bonds is 3. The van der Waals surface area contributed by atoms with E-state index in [9.17, 15) is 17.6 Å².